The minimum absolute atomic E-state index is 0.306. The van der Waals surface area contributed by atoms with Gasteiger partial charge in [0.15, 0.2) is 0 Å². The molecule has 2 atom stereocenters. The van der Waals surface area contributed by atoms with Crippen LogP contribution in [0.15, 0.2) is 54.6 Å². The Labute approximate surface area is 137 Å². The molecule has 4 heteroatoms. The Bertz CT molecular complexity index is 653. The van der Waals surface area contributed by atoms with E-state index >= 15 is 0 Å². The summed E-state index contributed by atoms with van der Waals surface area (Å²) in [5.74, 6) is -0.00956. The van der Waals surface area contributed by atoms with Gasteiger partial charge in [0.25, 0.3) is 5.91 Å². The number of carbonyl (C=O) groups is 1. The first-order chi connectivity index (χ1) is 11.0. The van der Waals surface area contributed by atoms with E-state index in [2.05, 4.69) is 5.32 Å². The second-order valence-electron chi connectivity index (χ2n) is 5.77. The van der Waals surface area contributed by atoms with Crippen molar-refractivity contribution < 1.29 is 14.6 Å². The summed E-state index contributed by atoms with van der Waals surface area (Å²) >= 11 is 0. The van der Waals surface area contributed by atoms with E-state index in [4.69, 9.17) is 4.74 Å². The number of hydrogen-bond acceptors (Lipinski definition) is 3. The predicted octanol–water partition coefficient (Wildman–Crippen LogP) is 2.87. The molecule has 122 valence electrons. The van der Waals surface area contributed by atoms with Gasteiger partial charge in [0.2, 0.25) is 0 Å². The summed E-state index contributed by atoms with van der Waals surface area (Å²) in [6.07, 6.45) is 0. The van der Waals surface area contributed by atoms with Crippen molar-refractivity contribution in [2.45, 2.75) is 31.9 Å². The molecule has 1 amide bonds. The van der Waals surface area contributed by atoms with Gasteiger partial charge in [-0.25, -0.2) is 0 Å². The fraction of sp³-hybridized carbons (Fsp3) is 0.316. The Hall–Kier alpha value is -2.33. The van der Waals surface area contributed by atoms with Crippen LogP contribution < -0.4 is 10.1 Å². The maximum Gasteiger partial charge on any atom is 0.252 e. The molecule has 0 radical (unpaired) electrons. The summed E-state index contributed by atoms with van der Waals surface area (Å²) in [5, 5.41) is 13.5. The van der Waals surface area contributed by atoms with Gasteiger partial charge in [-0.2, -0.15) is 0 Å². The maximum atomic E-state index is 12.5. The van der Waals surface area contributed by atoms with Crippen LogP contribution in [0.3, 0.4) is 0 Å². The van der Waals surface area contributed by atoms with E-state index in [1.54, 1.807) is 14.0 Å². The summed E-state index contributed by atoms with van der Waals surface area (Å²) in [7, 11) is 1.59. The van der Waals surface area contributed by atoms with Crippen molar-refractivity contribution in [2.75, 3.05) is 7.11 Å². The minimum Gasteiger partial charge on any atom is -0.496 e. The molecule has 0 aliphatic rings. The third-order valence-electron chi connectivity index (χ3n) is 4.23. The van der Waals surface area contributed by atoms with Gasteiger partial charge in [0.1, 0.15) is 11.4 Å². The monoisotopic (exact) mass is 313 g/mol. The standard InChI is InChI=1S/C19H23NO3/c1-14(15-9-5-4-6-10-15)19(2,22)18(21)20-13-16-11-7-8-12-17(16)23-3/h4-12,14,22H,13H2,1-3H3,(H,20,21)/t14-,19-/m0/s1. The van der Waals surface area contributed by atoms with Gasteiger partial charge in [-0.05, 0) is 18.6 Å². The summed E-state index contributed by atoms with van der Waals surface area (Å²) in [6, 6.07) is 17.0. The summed E-state index contributed by atoms with van der Waals surface area (Å²) in [4.78, 5) is 12.5. The van der Waals surface area contributed by atoms with Crippen LogP contribution in [0.1, 0.15) is 30.9 Å². The number of ether oxygens (including phenoxy) is 1. The van der Waals surface area contributed by atoms with Crippen LogP contribution in [0.2, 0.25) is 0 Å². The van der Waals surface area contributed by atoms with Crippen molar-refractivity contribution in [1.29, 1.82) is 0 Å². The lowest BCUT2D eigenvalue weighted by molar-refractivity contribution is -0.140. The van der Waals surface area contributed by atoms with Crippen molar-refractivity contribution in [1.82, 2.24) is 5.32 Å². The fourth-order valence-electron chi connectivity index (χ4n) is 2.47. The van der Waals surface area contributed by atoms with Crippen molar-refractivity contribution in [2.24, 2.45) is 0 Å². The van der Waals surface area contributed by atoms with Crippen LogP contribution in [0, 0.1) is 0 Å². The Morgan fingerprint density at radius 2 is 1.78 bits per heavy atom. The van der Waals surface area contributed by atoms with Crippen LogP contribution in [0.5, 0.6) is 5.75 Å². The summed E-state index contributed by atoms with van der Waals surface area (Å²) < 4.78 is 5.27. The number of amides is 1. The molecule has 0 fully saturated rings. The molecule has 0 aromatic heterocycles. The Balaban J connectivity index is 2.07. The molecule has 0 saturated carbocycles. The molecule has 0 bridgehead atoms. The van der Waals surface area contributed by atoms with Crippen molar-refractivity contribution >= 4 is 5.91 Å². The number of methoxy groups -OCH3 is 1. The van der Waals surface area contributed by atoms with Gasteiger partial charge < -0.3 is 15.2 Å². The number of rotatable bonds is 6. The molecule has 0 unspecified atom stereocenters. The molecule has 0 aliphatic heterocycles. The molecule has 2 aromatic rings. The number of hydrogen-bond donors (Lipinski definition) is 2. The van der Waals surface area contributed by atoms with Crippen LogP contribution in [-0.2, 0) is 11.3 Å². The molecular weight excluding hydrogens is 290 g/mol. The predicted molar refractivity (Wildman–Crippen MR) is 90.3 cm³/mol. The van der Waals surface area contributed by atoms with E-state index in [0.717, 1.165) is 11.1 Å². The second kappa shape index (κ2) is 7.29. The molecule has 4 nitrogen and oxygen atoms in total. The fourth-order valence-corrected chi connectivity index (χ4v) is 2.47. The van der Waals surface area contributed by atoms with Gasteiger partial charge in [-0.1, -0.05) is 55.5 Å². The van der Waals surface area contributed by atoms with E-state index < -0.39 is 11.5 Å². The van der Waals surface area contributed by atoms with Crippen LogP contribution in [0.4, 0.5) is 0 Å². The topological polar surface area (TPSA) is 58.6 Å². The highest BCUT2D eigenvalue weighted by Gasteiger charge is 2.37. The molecule has 0 heterocycles. The highest BCUT2D eigenvalue weighted by Crippen LogP contribution is 2.28. The van der Waals surface area contributed by atoms with Gasteiger partial charge in [0.05, 0.1) is 7.11 Å². The average molecular weight is 313 g/mol. The zero-order valence-corrected chi connectivity index (χ0v) is 13.7. The molecule has 0 saturated heterocycles. The highest BCUT2D eigenvalue weighted by molar-refractivity contribution is 5.85. The molecule has 0 aliphatic carbocycles. The quantitative estimate of drug-likeness (QED) is 0.862. The molecule has 2 N–H and O–H groups in total. The highest BCUT2D eigenvalue weighted by atomic mass is 16.5. The van der Waals surface area contributed by atoms with E-state index in [1.807, 2.05) is 61.5 Å². The van der Waals surface area contributed by atoms with E-state index in [1.165, 1.54) is 0 Å². The molecular formula is C19H23NO3. The summed E-state index contributed by atoms with van der Waals surface area (Å²) in [5.41, 5.74) is 0.292. The van der Waals surface area contributed by atoms with Crippen LogP contribution >= 0.6 is 0 Å². The van der Waals surface area contributed by atoms with E-state index in [0.29, 0.717) is 12.3 Å². The normalized spacial score (nSPS) is 14.6. The van der Waals surface area contributed by atoms with Crippen molar-refractivity contribution in [3.05, 3.63) is 65.7 Å². The van der Waals surface area contributed by atoms with E-state index in [9.17, 15) is 9.90 Å². The maximum absolute atomic E-state index is 12.5. The SMILES string of the molecule is COc1ccccc1CNC(=O)[C@@](C)(O)[C@@H](C)c1ccccc1. The lowest BCUT2D eigenvalue weighted by Gasteiger charge is -2.29. The van der Waals surface area contributed by atoms with Gasteiger partial charge >= 0.3 is 0 Å². The van der Waals surface area contributed by atoms with Gasteiger partial charge in [0, 0.05) is 18.0 Å². The first kappa shape index (κ1) is 17.0. The second-order valence-corrected chi connectivity index (χ2v) is 5.77. The van der Waals surface area contributed by atoms with Gasteiger partial charge in [-0.15, -0.1) is 0 Å². The Kier molecular flexibility index (Phi) is 5.40. The van der Waals surface area contributed by atoms with Crippen LogP contribution in [0.25, 0.3) is 0 Å². The molecule has 0 spiro atoms. The first-order valence-electron chi connectivity index (χ1n) is 7.64. The van der Waals surface area contributed by atoms with E-state index in [-0.39, 0.29) is 5.92 Å². The largest absolute Gasteiger partial charge is 0.496 e. The first-order valence-corrected chi connectivity index (χ1v) is 7.64. The third-order valence-corrected chi connectivity index (χ3v) is 4.23. The van der Waals surface area contributed by atoms with Gasteiger partial charge in [-0.3, -0.25) is 4.79 Å². The number of carbonyl (C=O) groups excluding carboxylic acids is 1. The molecule has 23 heavy (non-hydrogen) atoms. The zero-order valence-electron chi connectivity index (χ0n) is 13.7. The zero-order chi connectivity index (χ0) is 16.9. The molecule has 2 aromatic carbocycles. The minimum atomic E-state index is -1.50. The summed E-state index contributed by atoms with van der Waals surface area (Å²) in [6.45, 7) is 3.70. The Morgan fingerprint density at radius 3 is 2.43 bits per heavy atom. The third kappa shape index (κ3) is 3.90. The lowest BCUT2D eigenvalue weighted by atomic mass is 9.84. The number of para-hydroxylation sites is 1. The lowest BCUT2D eigenvalue weighted by Crippen LogP contribution is -2.47. The Morgan fingerprint density at radius 1 is 1.17 bits per heavy atom. The average Bonchev–Trinajstić information content (AvgIpc) is 2.59. The number of benzene rings is 2. The molecule has 2 rings (SSSR count). The number of nitrogens with one attached hydrogen (secondary N) is 1. The number of aliphatic hydroxyl groups is 1. The van der Waals surface area contributed by atoms with Crippen molar-refractivity contribution in [3.8, 4) is 5.75 Å². The smallest absolute Gasteiger partial charge is 0.252 e. The van der Waals surface area contributed by atoms with Crippen molar-refractivity contribution in [3.63, 3.8) is 0 Å². The van der Waals surface area contributed by atoms with Crippen LogP contribution in [-0.4, -0.2) is 23.7 Å².